The quantitative estimate of drug-likeness (QED) is 0.350. The molecule has 1 aliphatic carbocycles. The third-order valence-corrected chi connectivity index (χ3v) is 7.50. The number of hydrogen-bond acceptors (Lipinski definition) is 8. The number of imidazole rings is 1. The zero-order valence-electron chi connectivity index (χ0n) is 20.0. The van der Waals surface area contributed by atoms with Crippen molar-refractivity contribution < 1.29 is 4.79 Å². The van der Waals surface area contributed by atoms with Crippen molar-refractivity contribution in [2.24, 2.45) is 0 Å². The van der Waals surface area contributed by atoms with E-state index in [0.717, 1.165) is 35.2 Å². The van der Waals surface area contributed by atoms with Gasteiger partial charge in [-0.1, -0.05) is 6.07 Å². The number of hydrogen-bond donors (Lipinski definition) is 2. The fourth-order valence-electron chi connectivity index (χ4n) is 4.96. The van der Waals surface area contributed by atoms with Gasteiger partial charge in [0, 0.05) is 24.3 Å². The van der Waals surface area contributed by atoms with Gasteiger partial charge >= 0.3 is 0 Å². The van der Waals surface area contributed by atoms with Crippen molar-refractivity contribution in [2.75, 3.05) is 5.73 Å². The lowest BCUT2D eigenvalue weighted by molar-refractivity contribution is 0.0940. The molecule has 11 heteroatoms. The molecule has 0 fully saturated rings. The Morgan fingerprint density at radius 2 is 2.05 bits per heavy atom. The predicted molar refractivity (Wildman–Crippen MR) is 144 cm³/mol. The van der Waals surface area contributed by atoms with Crippen molar-refractivity contribution in [3.8, 4) is 22.9 Å². The van der Waals surface area contributed by atoms with Crippen LogP contribution in [0.4, 0.5) is 5.82 Å². The average Bonchev–Trinajstić information content (AvgIpc) is 3.75. The van der Waals surface area contributed by atoms with Gasteiger partial charge in [-0.15, -0.1) is 11.3 Å². The number of amides is 1. The van der Waals surface area contributed by atoms with E-state index in [1.54, 1.807) is 28.8 Å². The van der Waals surface area contributed by atoms with E-state index in [1.807, 2.05) is 47.2 Å². The van der Waals surface area contributed by atoms with Crippen LogP contribution in [0, 0.1) is 0 Å². The number of carbonyl (C=O) groups excluding carboxylic acids is 1. The van der Waals surface area contributed by atoms with Gasteiger partial charge in [-0.05, 0) is 66.4 Å². The maximum atomic E-state index is 12.6. The first-order chi connectivity index (χ1) is 18.7. The van der Waals surface area contributed by atoms with Gasteiger partial charge in [0.05, 0.1) is 23.3 Å². The molecule has 0 unspecified atom stereocenters. The Labute approximate surface area is 220 Å². The lowest BCUT2D eigenvalue weighted by Crippen LogP contribution is -2.26. The summed E-state index contributed by atoms with van der Waals surface area (Å²) in [6.07, 6.45) is 8.51. The molecule has 0 saturated carbocycles. The minimum absolute atomic E-state index is 0.0498. The molecule has 6 aromatic rings. The van der Waals surface area contributed by atoms with Crippen LogP contribution in [-0.2, 0) is 6.42 Å². The van der Waals surface area contributed by atoms with Gasteiger partial charge in [0.2, 0.25) is 0 Å². The highest BCUT2D eigenvalue weighted by molar-refractivity contribution is 7.11. The number of nitrogens with zero attached hydrogens (tertiary/aromatic N) is 7. The van der Waals surface area contributed by atoms with Gasteiger partial charge in [-0.3, -0.25) is 14.3 Å². The van der Waals surface area contributed by atoms with Crippen LogP contribution in [0.1, 0.15) is 33.3 Å². The van der Waals surface area contributed by atoms with Gasteiger partial charge in [0.15, 0.2) is 17.3 Å². The Morgan fingerprint density at radius 1 is 1.11 bits per heavy atom. The van der Waals surface area contributed by atoms with E-state index in [2.05, 4.69) is 32.5 Å². The van der Waals surface area contributed by atoms with Crippen LogP contribution in [0.2, 0.25) is 0 Å². The number of fused-ring (bicyclic) bond motifs is 2. The normalized spacial score (nSPS) is 14.6. The minimum atomic E-state index is -0.0975. The number of aromatic nitrogens is 7. The Hall–Kier alpha value is -4.90. The van der Waals surface area contributed by atoms with Gasteiger partial charge in [-0.2, -0.15) is 5.10 Å². The number of nitrogens with one attached hydrogen (secondary N) is 1. The van der Waals surface area contributed by atoms with Crippen molar-refractivity contribution in [2.45, 2.75) is 18.9 Å². The predicted octanol–water partition coefficient (Wildman–Crippen LogP) is 4.12. The first-order valence-corrected chi connectivity index (χ1v) is 13.0. The standard InChI is InChI=1S/C27H21N9OS/c28-24-19(3-1-10-30-24)25-32-21-8-9-23(35-12-2-11-31-35)34-26(21)36(25)17-5-6-18-16(13-17)4-7-20(18)33-27(37)22-14-29-15-38-22/h1-3,5-6,8-15,20H,4,7H2,(H2,28,30)(H,33,37)/t20-/m0/s1. The number of pyridine rings is 2. The third-order valence-electron chi connectivity index (χ3n) is 6.73. The fraction of sp³-hybridized carbons (Fsp3) is 0.111. The zero-order chi connectivity index (χ0) is 25.6. The summed E-state index contributed by atoms with van der Waals surface area (Å²) < 4.78 is 3.73. The SMILES string of the molecule is Nc1ncccc1-c1nc2ccc(-n3cccn3)nc2n1-c1ccc2c(c1)CC[C@@H]2NC(=O)c1cncs1. The highest BCUT2D eigenvalue weighted by Crippen LogP contribution is 2.36. The van der Waals surface area contributed by atoms with Crippen LogP contribution in [-0.4, -0.2) is 40.2 Å². The van der Waals surface area contributed by atoms with Crippen molar-refractivity contribution in [1.29, 1.82) is 0 Å². The van der Waals surface area contributed by atoms with Crippen LogP contribution < -0.4 is 11.1 Å². The molecular weight excluding hydrogens is 498 g/mol. The first-order valence-electron chi connectivity index (χ1n) is 12.1. The van der Waals surface area contributed by atoms with E-state index in [4.69, 9.17) is 15.7 Å². The third kappa shape index (κ3) is 3.71. The van der Waals surface area contributed by atoms with Crippen LogP contribution >= 0.6 is 11.3 Å². The van der Waals surface area contributed by atoms with Gasteiger partial charge < -0.3 is 11.1 Å². The molecule has 0 spiro atoms. The second kappa shape index (κ2) is 8.89. The monoisotopic (exact) mass is 519 g/mol. The van der Waals surface area contributed by atoms with Gasteiger partial charge in [-0.25, -0.2) is 19.6 Å². The number of nitrogen functional groups attached to an aromatic ring is 1. The zero-order valence-corrected chi connectivity index (χ0v) is 20.8. The molecule has 3 N–H and O–H groups in total. The number of aryl methyl sites for hydroxylation is 1. The van der Waals surface area contributed by atoms with E-state index in [0.29, 0.717) is 28.0 Å². The van der Waals surface area contributed by atoms with Gasteiger partial charge in [0.1, 0.15) is 16.2 Å². The van der Waals surface area contributed by atoms with Crippen LogP contribution in [0.3, 0.4) is 0 Å². The number of carbonyl (C=O) groups is 1. The largest absolute Gasteiger partial charge is 0.383 e. The van der Waals surface area contributed by atoms with E-state index >= 15 is 0 Å². The second-order valence-corrected chi connectivity index (χ2v) is 9.87. The lowest BCUT2D eigenvalue weighted by atomic mass is 10.1. The summed E-state index contributed by atoms with van der Waals surface area (Å²) >= 11 is 1.34. The molecule has 0 bridgehead atoms. The first kappa shape index (κ1) is 22.3. The summed E-state index contributed by atoms with van der Waals surface area (Å²) in [6, 6.07) is 15.6. The molecule has 5 heterocycles. The summed E-state index contributed by atoms with van der Waals surface area (Å²) in [5.41, 5.74) is 13.3. The van der Waals surface area contributed by atoms with Crippen molar-refractivity contribution in [1.82, 2.24) is 39.6 Å². The summed E-state index contributed by atoms with van der Waals surface area (Å²) in [6.45, 7) is 0. The van der Waals surface area contributed by atoms with Crippen LogP contribution in [0.25, 0.3) is 34.1 Å². The Morgan fingerprint density at radius 3 is 2.87 bits per heavy atom. The van der Waals surface area contributed by atoms with Crippen LogP contribution in [0.15, 0.2) is 78.8 Å². The molecule has 0 saturated heterocycles. The molecule has 5 aromatic heterocycles. The fourth-order valence-corrected chi connectivity index (χ4v) is 5.48. The average molecular weight is 520 g/mol. The Balaban J connectivity index is 1.34. The smallest absolute Gasteiger partial charge is 0.263 e. The van der Waals surface area contributed by atoms with Crippen molar-refractivity contribution >= 4 is 34.2 Å². The summed E-state index contributed by atoms with van der Waals surface area (Å²) in [7, 11) is 0. The highest BCUT2D eigenvalue weighted by atomic mass is 32.1. The number of benzene rings is 1. The number of thiazole rings is 1. The summed E-state index contributed by atoms with van der Waals surface area (Å²) in [5.74, 6) is 1.63. The van der Waals surface area contributed by atoms with E-state index < -0.39 is 0 Å². The molecule has 1 atom stereocenters. The van der Waals surface area contributed by atoms with Gasteiger partial charge in [0.25, 0.3) is 5.91 Å². The molecule has 7 rings (SSSR count). The molecule has 0 aliphatic heterocycles. The summed E-state index contributed by atoms with van der Waals surface area (Å²) in [5, 5.41) is 7.48. The summed E-state index contributed by atoms with van der Waals surface area (Å²) in [4.78, 5) is 31.4. The molecular formula is C27H21N9OS. The molecule has 10 nitrogen and oxygen atoms in total. The number of anilines is 1. The molecule has 1 amide bonds. The maximum Gasteiger partial charge on any atom is 0.263 e. The van der Waals surface area contributed by atoms with E-state index in [9.17, 15) is 4.79 Å². The lowest BCUT2D eigenvalue weighted by Gasteiger charge is -2.15. The number of rotatable bonds is 5. The minimum Gasteiger partial charge on any atom is -0.383 e. The Kier molecular flexibility index (Phi) is 5.22. The highest BCUT2D eigenvalue weighted by Gasteiger charge is 2.26. The van der Waals surface area contributed by atoms with Crippen molar-refractivity contribution in [3.05, 3.63) is 94.8 Å². The molecule has 0 radical (unpaired) electrons. The van der Waals surface area contributed by atoms with Crippen LogP contribution in [0.5, 0.6) is 0 Å². The Bertz CT molecular complexity index is 1790. The van der Waals surface area contributed by atoms with E-state index in [-0.39, 0.29) is 11.9 Å². The second-order valence-electron chi connectivity index (χ2n) is 8.98. The topological polar surface area (TPSA) is 129 Å². The molecule has 38 heavy (non-hydrogen) atoms. The maximum absolute atomic E-state index is 12.6. The van der Waals surface area contributed by atoms with Crippen molar-refractivity contribution in [3.63, 3.8) is 0 Å². The molecule has 1 aromatic carbocycles. The number of nitrogens with two attached hydrogens (primary N) is 1. The van der Waals surface area contributed by atoms with E-state index in [1.165, 1.54) is 16.9 Å². The molecule has 1 aliphatic rings. The molecule has 186 valence electrons.